The molecule has 28 heavy (non-hydrogen) atoms. The van der Waals surface area contributed by atoms with Crippen LogP contribution in [0.5, 0.6) is 0 Å². The maximum atomic E-state index is 13.2. The zero-order valence-corrected chi connectivity index (χ0v) is 16.9. The van der Waals surface area contributed by atoms with E-state index in [2.05, 4.69) is 29.8 Å². The number of aromatic nitrogens is 3. The first-order chi connectivity index (χ1) is 13.6. The maximum Gasteiger partial charge on any atom is 0.274 e. The number of hydrogen-bond donors (Lipinski definition) is 0. The highest BCUT2D eigenvalue weighted by Crippen LogP contribution is 2.25. The minimum absolute atomic E-state index is 0.103. The minimum atomic E-state index is 0.103. The van der Waals surface area contributed by atoms with Gasteiger partial charge in [0.05, 0.1) is 6.54 Å². The van der Waals surface area contributed by atoms with E-state index >= 15 is 0 Å². The van der Waals surface area contributed by atoms with Crippen LogP contribution in [0.4, 0.5) is 0 Å². The number of likely N-dealkylation sites (tertiary alicyclic amines) is 1. The second kappa shape index (κ2) is 8.27. The summed E-state index contributed by atoms with van der Waals surface area (Å²) in [5.74, 6) is 0.103. The van der Waals surface area contributed by atoms with Crippen molar-refractivity contribution in [3.8, 4) is 0 Å². The number of rotatable bonds is 5. The van der Waals surface area contributed by atoms with Crippen LogP contribution in [0, 0.1) is 0 Å². The molecule has 1 amide bonds. The third kappa shape index (κ3) is 4.02. The summed E-state index contributed by atoms with van der Waals surface area (Å²) in [7, 11) is 0. The van der Waals surface area contributed by atoms with Crippen molar-refractivity contribution in [2.45, 2.75) is 46.2 Å². The van der Waals surface area contributed by atoms with E-state index < -0.39 is 0 Å². The summed E-state index contributed by atoms with van der Waals surface area (Å²) in [6, 6.07) is 4.03. The highest BCUT2D eigenvalue weighted by atomic mass is 16.2. The molecule has 6 nitrogen and oxygen atoms in total. The summed E-state index contributed by atoms with van der Waals surface area (Å²) in [4.78, 5) is 21.6. The Bertz CT molecular complexity index is 861. The molecule has 0 aromatic carbocycles. The van der Waals surface area contributed by atoms with Gasteiger partial charge in [0.15, 0.2) is 5.69 Å². The number of hydrogen-bond acceptors (Lipinski definition) is 4. The molecule has 4 rings (SSSR count). The van der Waals surface area contributed by atoms with Crippen molar-refractivity contribution < 1.29 is 4.79 Å². The fourth-order valence-corrected chi connectivity index (χ4v) is 4.05. The van der Waals surface area contributed by atoms with Crippen LogP contribution in [0.1, 0.15) is 54.0 Å². The standard InChI is InChI=1S/C22H29N5O/c1-17(2)7-13-25-14-8-20-19(16-25)21(22(28)26-11-3-4-12-26)24-27(20)15-18-5-9-23-10-6-18/h5-7,9-10H,3-4,8,11-16H2,1-2H3. The van der Waals surface area contributed by atoms with Gasteiger partial charge in [-0.1, -0.05) is 11.6 Å². The molecule has 0 aliphatic carbocycles. The molecule has 0 atom stereocenters. The molecule has 4 heterocycles. The fourth-order valence-electron chi connectivity index (χ4n) is 4.05. The van der Waals surface area contributed by atoms with Crippen molar-refractivity contribution in [1.29, 1.82) is 0 Å². The van der Waals surface area contributed by atoms with Crippen LogP contribution in [-0.4, -0.2) is 56.7 Å². The fraction of sp³-hybridized carbons (Fsp3) is 0.500. The van der Waals surface area contributed by atoms with E-state index in [9.17, 15) is 4.79 Å². The van der Waals surface area contributed by atoms with E-state index in [1.807, 2.05) is 34.1 Å². The molecule has 0 unspecified atom stereocenters. The Labute approximate surface area is 166 Å². The first-order valence-electron chi connectivity index (χ1n) is 10.2. The second-order valence-electron chi connectivity index (χ2n) is 8.05. The first-order valence-corrected chi connectivity index (χ1v) is 10.2. The van der Waals surface area contributed by atoms with Crippen molar-refractivity contribution in [1.82, 2.24) is 24.6 Å². The van der Waals surface area contributed by atoms with E-state index in [1.165, 1.54) is 11.3 Å². The van der Waals surface area contributed by atoms with Crippen LogP contribution >= 0.6 is 0 Å². The molecule has 2 aliphatic rings. The summed E-state index contributed by atoms with van der Waals surface area (Å²) >= 11 is 0. The Morgan fingerprint density at radius 1 is 1.14 bits per heavy atom. The van der Waals surface area contributed by atoms with Gasteiger partial charge in [-0.2, -0.15) is 5.10 Å². The minimum Gasteiger partial charge on any atom is -0.337 e. The third-order valence-electron chi connectivity index (χ3n) is 5.65. The average Bonchev–Trinajstić information content (AvgIpc) is 3.35. The lowest BCUT2D eigenvalue weighted by atomic mass is 10.0. The Hall–Kier alpha value is -2.47. The summed E-state index contributed by atoms with van der Waals surface area (Å²) in [5.41, 5.74) is 5.49. The van der Waals surface area contributed by atoms with Crippen LogP contribution in [0.15, 0.2) is 36.2 Å². The molecule has 148 valence electrons. The Morgan fingerprint density at radius 3 is 2.61 bits per heavy atom. The van der Waals surface area contributed by atoms with E-state index in [4.69, 9.17) is 5.10 Å². The van der Waals surface area contributed by atoms with Crippen LogP contribution in [0.2, 0.25) is 0 Å². The van der Waals surface area contributed by atoms with Gasteiger partial charge in [-0.3, -0.25) is 19.4 Å². The van der Waals surface area contributed by atoms with Gasteiger partial charge in [-0.15, -0.1) is 0 Å². The van der Waals surface area contributed by atoms with Crippen molar-refractivity contribution in [2.24, 2.45) is 0 Å². The molecule has 0 bridgehead atoms. The van der Waals surface area contributed by atoms with Crippen molar-refractivity contribution >= 4 is 5.91 Å². The van der Waals surface area contributed by atoms with Crippen LogP contribution in [0.3, 0.4) is 0 Å². The normalized spacial score (nSPS) is 16.9. The van der Waals surface area contributed by atoms with E-state index in [1.54, 1.807) is 0 Å². The predicted octanol–water partition coefficient (Wildman–Crippen LogP) is 2.89. The van der Waals surface area contributed by atoms with Crippen molar-refractivity contribution in [3.05, 3.63) is 58.7 Å². The van der Waals surface area contributed by atoms with Gasteiger partial charge in [-0.05, 0) is 44.4 Å². The molecule has 1 fully saturated rings. The number of amides is 1. The summed E-state index contributed by atoms with van der Waals surface area (Å²) in [6.07, 6.45) is 8.99. The predicted molar refractivity (Wildman–Crippen MR) is 109 cm³/mol. The molecule has 2 aromatic heterocycles. The smallest absolute Gasteiger partial charge is 0.274 e. The van der Waals surface area contributed by atoms with Crippen LogP contribution in [0.25, 0.3) is 0 Å². The molecule has 1 saturated heterocycles. The van der Waals surface area contributed by atoms with Gasteiger partial charge in [0.2, 0.25) is 0 Å². The molecule has 2 aliphatic heterocycles. The highest BCUT2D eigenvalue weighted by molar-refractivity contribution is 5.94. The largest absolute Gasteiger partial charge is 0.337 e. The number of allylic oxidation sites excluding steroid dienone is 1. The molecule has 0 radical (unpaired) electrons. The SMILES string of the molecule is CC(C)=CCN1CCc2c(c(C(=O)N3CCCC3)nn2Cc2ccncc2)C1. The Kier molecular flexibility index (Phi) is 5.57. The van der Waals surface area contributed by atoms with Gasteiger partial charge in [0.1, 0.15) is 0 Å². The lowest BCUT2D eigenvalue weighted by molar-refractivity contribution is 0.0784. The summed E-state index contributed by atoms with van der Waals surface area (Å²) in [6.45, 7) is 9.37. The number of carbonyl (C=O) groups is 1. The zero-order valence-electron chi connectivity index (χ0n) is 16.9. The number of pyridine rings is 1. The number of nitrogens with zero attached hydrogens (tertiary/aromatic N) is 5. The highest BCUT2D eigenvalue weighted by Gasteiger charge is 2.31. The second-order valence-corrected chi connectivity index (χ2v) is 8.05. The molecule has 6 heteroatoms. The monoisotopic (exact) mass is 379 g/mol. The summed E-state index contributed by atoms with van der Waals surface area (Å²) < 4.78 is 2.05. The van der Waals surface area contributed by atoms with Gasteiger partial charge < -0.3 is 4.90 Å². The molecular formula is C22H29N5O. The van der Waals surface area contributed by atoms with E-state index in [-0.39, 0.29) is 5.91 Å². The van der Waals surface area contributed by atoms with Crippen molar-refractivity contribution in [3.63, 3.8) is 0 Å². The topological polar surface area (TPSA) is 54.3 Å². The van der Waals surface area contributed by atoms with Gasteiger partial charge >= 0.3 is 0 Å². The quantitative estimate of drug-likeness (QED) is 0.750. The number of carbonyl (C=O) groups excluding carboxylic acids is 1. The van der Waals surface area contributed by atoms with E-state index in [0.29, 0.717) is 12.2 Å². The summed E-state index contributed by atoms with van der Waals surface area (Å²) in [5, 5.41) is 4.82. The molecular weight excluding hydrogens is 350 g/mol. The van der Waals surface area contributed by atoms with Crippen LogP contribution in [-0.2, 0) is 19.5 Å². The molecule has 2 aromatic rings. The molecule has 0 N–H and O–H groups in total. The van der Waals surface area contributed by atoms with Gasteiger partial charge in [0.25, 0.3) is 5.91 Å². The maximum absolute atomic E-state index is 13.2. The van der Waals surface area contributed by atoms with E-state index in [0.717, 1.165) is 63.1 Å². The third-order valence-corrected chi connectivity index (χ3v) is 5.65. The first kappa shape index (κ1) is 18.9. The molecule has 0 saturated carbocycles. The molecule has 0 spiro atoms. The average molecular weight is 380 g/mol. The Morgan fingerprint density at radius 2 is 1.89 bits per heavy atom. The number of fused-ring (bicyclic) bond motifs is 1. The zero-order chi connectivity index (χ0) is 19.5. The van der Waals surface area contributed by atoms with Crippen molar-refractivity contribution in [2.75, 3.05) is 26.2 Å². The Balaban J connectivity index is 1.65. The van der Waals surface area contributed by atoms with Crippen LogP contribution < -0.4 is 0 Å². The lowest BCUT2D eigenvalue weighted by Crippen LogP contribution is -2.33. The van der Waals surface area contributed by atoms with Gasteiger partial charge in [-0.25, -0.2) is 0 Å². The van der Waals surface area contributed by atoms with Gasteiger partial charge in [0, 0.05) is 62.8 Å². The lowest BCUT2D eigenvalue weighted by Gasteiger charge is -2.27.